The maximum Gasteiger partial charge on any atom is 0.251 e. The van der Waals surface area contributed by atoms with E-state index in [4.69, 9.17) is 0 Å². The van der Waals surface area contributed by atoms with Crippen LogP contribution in [0.3, 0.4) is 0 Å². The van der Waals surface area contributed by atoms with Crippen molar-refractivity contribution in [3.05, 3.63) is 35.4 Å². The van der Waals surface area contributed by atoms with E-state index in [1.54, 1.807) is 0 Å². The van der Waals surface area contributed by atoms with E-state index < -0.39 is 0 Å². The summed E-state index contributed by atoms with van der Waals surface area (Å²) in [4.78, 5) is 11.7. The highest BCUT2D eigenvalue weighted by Gasteiger charge is 2.04. The molecule has 0 saturated heterocycles. The largest absolute Gasteiger partial charge is 0.352 e. The first-order valence-electron chi connectivity index (χ1n) is 5.56. The Balaban J connectivity index is 2.46. The van der Waals surface area contributed by atoms with E-state index in [2.05, 4.69) is 35.1 Å². The van der Waals surface area contributed by atoms with Gasteiger partial charge in [0, 0.05) is 17.4 Å². The highest BCUT2D eigenvalue weighted by Crippen LogP contribution is 2.08. The first kappa shape index (κ1) is 13.2. The average Bonchev–Trinajstić information content (AvgIpc) is 2.28. The van der Waals surface area contributed by atoms with Gasteiger partial charge in [-0.1, -0.05) is 41.9 Å². The molecule has 1 aromatic carbocycles. The summed E-state index contributed by atoms with van der Waals surface area (Å²) in [7, 11) is 0. The zero-order chi connectivity index (χ0) is 12.0. The Bertz CT molecular complexity index is 332. The monoisotopic (exact) mass is 283 g/mol. The van der Waals surface area contributed by atoms with Crippen molar-refractivity contribution < 1.29 is 4.79 Å². The standard InChI is InChI=1S/C13H18BrNO/c1-10(2)7-8-15-13(16)12-5-3-11(9-14)4-6-12/h3-6,10H,7-9H2,1-2H3,(H,15,16). The molecule has 0 aliphatic rings. The summed E-state index contributed by atoms with van der Waals surface area (Å²) in [5.41, 5.74) is 1.91. The maximum atomic E-state index is 11.7. The lowest BCUT2D eigenvalue weighted by atomic mass is 10.1. The van der Waals surface area contributed by atoms with Gasteiger partial charge in [0.2, 0.25) is 0 Å². The van der Waals surface area contributed by atoms with Crippen LogP contribution in [0.2, 0.25) is 0 Å². The third kappa shape index (κ3) is 4.35. The fraction of sp³-hybridized carbons (Fsp3) is 0.462. The van der Waals surface area contributed by atoms with Gasteiger partial charge < -0.3 is 5.32 Å². The Morgan fingerprint density at radius 3 is 2.44 bits per heavy atom. The molecule has 1 N–H and O–H groups in total. The van der Waals surface area contributed by atoms with Crippen LogP contribution in [0.5, 0.6) is 0 Å². The lowest BCUT2D eigenvalue weighted by Gasteiger charge is -2.07. The molecule has 88 valence electrons. The smallest absolute Gasteiger partial charge is 0.251 e. The number of amides is 1. The number of halogens is 1. The zero-order valence-corrected chi connectivity index (χ0v) is 11.4. The molecule has 0 aliphatic heterocycles. The SMILES string of the molecule is CC(C)CCNC(=O)c1ccc(CBr)cc1. The van der Waals surface area contributed by atoms with E-state index in [9.17, 15) is 4.79 Å². The third-order valence-corrected chi connectivity index (χ3v) is 3.03. The van der Waals surface area contributed by atoms with Gasteiger partial charge in [0.25, 0.3) is 5.91 Å². The van der Waals surface area contributed by atoms with Gasteiger partial charge in [-0.15, -0.1) is 0 Å². The van der Waals surface area contributed by atoms with Crippen molar-refractivity contribution in [2.45, 2.75) is 25.6 Å². The number of alkyl halides is 1. The number of carbonyl (C=O) groups is 1. The minimum Gasteiger partial charge on any atom is -0.352 e. The Hall–Kier alpha value is -0.830. The minimum absolute atomic E-state index is 0.0155. The lowest BCUT2D eigenvalue weighted by Crippen LogP contribution is -2.25. The number of hydrogen-bond donors (Lipinski definition) is 1. The highest BCUT2D eigenvalue weighted by atomic mass is 79.9. The van der Waals surface area contributed by atoms with Gasteiger partial charge in [-0.05, 0) is 30.0 Å². The second kappa shape index (κ2) is 6.69. The first-order valence-corrected chi connectivity index (χ1v) is 6.68. The molecule has 0 bridgehead atoms. The highest BCUT2D eigenvalue weighted by molar-refractivity contribution is 9.08. The Kier molecular flexibility index (Phi) is 5.53. The van der Waals surface area contributed by atoms with Crippen molar-refractivity contribution in [3.8, 4) is 0 Å². The number of hydrogen-bond acceptors (Lipinski definition) is 1. The van der Waals surface area contributed by atoms with Gasteiger partial charge in [0.1, 0.15) is 0 Å². The quantitative estimate of drug-likeness (QED) is 0.825. The van der Waals surface area contributed by atoms with E-state index >= 15 is 0 Å². The first-order chi connectivity index (χ1) is 7.63. The molecule has 0 heterocycles. The van der Waals surface area contributed by atoms with E-state index in [1.165, 1.54) is 5.56 Å². The molecule has 1 rings (SSSR count). The van der Waals surface area contributed by atoms with Crippen molar-refractivity contribution >= 4 is 21.8 Å². The van der Waals surface area contributed by atoms with Crippen LogP contribution >= 0.6 is 15.9 Å². The van der Waals surface area contributed by atoms with Gasteiger partial charge in [0.05, 0.1) is 0 Å². The second-order valence-corrected chi connectivity index (χ2v) is 4.83. The van der Waals surface area contributed by atoms with Crippen molar-refractivity contribution in [2.75, 3.05) is 6.54 Å². The molecule has 0 spiro atoms. The van der Waals surface area contributed by atoms with Gasteiger partial charge in [0.15, 0.2) is 0 Å². The van der Waals surface area contributed by atoms with Crippen LogP contribution < -0.4 is 5.32 Å². The van der Waals surface area contributed by atoms with Gasteiger partial charge in [-0.2, -0.15) is 0 Å². The molecule has 0 aromatic heterocycles. The summed E-state index contributed by atoms with van der Waals surface area (Å²) in [6.45, 7) is 5.05. The molecule has 1 aromatic rings. The molecule has 0 aliphatic carbocycles. The molecule has 2 nitrogen and oxygen atoms in total. The summed E-state index contributed by atoms with van der Waals surface area (Å²) in [5.74, 6) is 0.637. The number of rotatable bonds is 5. The van der Waals surface area contributed by atoms with Crippen molar-refractivity contribution in [2.24, 2.45) is 5.92 Å². The summed E-state index contributed by atoms with van der Waals surface area (Å²) in [5, 5.41) is 3.74. The molecule has 0 fully saturated rings. The predicted molar refractivity (Wildman–Crippen MR) is 70.9 cm³/mol. The molecule has 3 heteroatoms. The van der Waals surface area contributed by atoms with Gasteiger partial charge >= 0.3 is 0 Å². The topological polar surface area (TPSA) is 29.1 Å². The number of benzene rings is 1. The average molecular weight is 284 g/mol. The Morgan fingerprint density at radius 1 is 1.31 bits per heavy atom. The normalized spacial score (nSPS) is 10.5. The number of nitrogens with one attached hydrogen (secondary N) is 1. The van der Waals surface area contributed by atoms with Crippen LogP contribution in [0.15, 0.2) is 24.3 Å². The van der Waals surface area contributed by atoms with Crippen LogP contribution in [-0.4, -0.2) is 12.5 Å². The second-order valence-electron chi connectivity index (χ2n) is 4.27. The predicted octanol–water partition coefficient (Wildman–Crippen LogP) is 3.36. The molecule has 0 atom stereocenters. The summed E-state index contributed by atoms with van der Waals surface area (Å²) in [6.07, 6.45) is 1.02. The molecular weight excluding hydrogens is 266 g/mol. The van der Waals surface area contributed by atoms with E-state index in [-0.39, 0.29) is 5.91 Å². The molecule has 0 saturated carbocycles. The lowest BCUT2D eigenvalue weighted by molar-refractivity contribution is 0.0952. The van der Waals surface area contributed by atoms with E-state index in [1.807, 2.05) is 24.3 Å². The zero-order valence-electron chi connectivity index (χ0n) is 9.79. The fourth-order valence-electron chi connectivity index (χ4n) is 1.32. The van der Waals surface area contributed by atoms with Crippen LogP contribution in [-0.2, 0) is 5.33 Å². The van der Waals surface area contributed by atoms with Crippen molar-refractivity contribution in [3.63, 3.8) is 0 Å². The van der Waals surface area contributed by atoms with E-state index in [0.717, 1.165) is 23.9 Å². The van der Waals surface area contributed by atoms with Crippen molar-refractivity contribution in [1.82, 2.24) is 5.32 Å². The van der Waals surface area contributed by atoms with E-state index in [0.29, 0.717) is 5.92 Å². The van der Waals surface area contributed by atoms with Crippen LogP contribution in [0.25, 0.3) is 0 Å². The van der Waals surface area contributed by atoms with Crippen molar-refractivity contribution in [1.29, 1.82) is 0 Å². The fourth-order valence-corrected chi connectivity index (χ4v) is 1.70. The summed E-state index contributed by atoms with van der Waals surface area (Å²) in [6, 6.07) is 7.65. The van der Waals surface area contributed by atoms with Crippen LogP contribution in [0.1, 0.15) is 36.2 Å². The third-order valence-electron chi connectivity index (χ3n) is 2.38. The summed E-state index contributed by atoms with van der Waals surface area (Å²) >= 11 is 3.38. The summed E-state index contributed by atoms with van der Waals surface area (Å²) < 4.78 is 0. The van der Waals surface area contributed by atoms with Gasteiger partial charge in [-0.3, -0.25) is 4.79 Å². The molecule has 16 heavy (non-hydrogen) atoms. The number of carbonyl (C=O) groups excluding carboxylic acids is 1. The molecule has 0 radical (unpaired) electrons. The molecule has 0 unspecified atom stereocenters. The molecular formula is C13H18BrNO. The minimum atomic E-state index is 0.0155. The van der Waals surface area contributed by atoms with Crippen LogP contribution in [0, 0.1) is 5.92 Å². The Labute approximate surface area is 106 Å². The van der Waals surface area contributed by atoms with Gasteiger partial charge in [-0.25, -0.2) is 0 Å². The Morgan fingerprint density at radius 2 is 1.94 bits per heavy atom. The van der Waals surface area contributed by atoms with Crippen LogP contribution in [0.4, 0.5) is 0 Å². The molecule has 1 amide bonds. The maximum absolute atomic E-state index is 11.7.